The smallest absolute Gasteiger partial charge is 0.195 e. The minimum absolute atomic E-state index is 0.220. The summed E-state index contributed by atoms with van der Waals surface area (Å²) in [5.74, 6) is -0.336. The maximum atomic E-state index is 14.3. The molecule has 2 aromatic carbocycles. The average Bonchev–Trinajstić information content (AvgIpc) is 3.00. The normalized spacial score (nSPS) is 12.1. The molecular weight excluding hydrogens is 295 g/mol. The van der Waals surface area contributed by atoms with E-state index in [2.05, 4.69) is 4.98 Å². The van der Waals surface area contributed by atoms with Crippen LogP contribution < -0.4 is 0 Å². The standard InChI is InChI=1S/C18H15FN2O2/c1-12-20-9-10-21(12)16-8-7-14(11-15(16)19)18(23)17(22)13-5-3-2-4-6-13/h2-11,18,23H,1H3. The van der Waals surface area contributed by atoms with Gasteiger partial charge in [0.15, 0.2) is 5.78 Å². The number of nitrogens with zero attached hydrogens (tertiary/aromatic N) is 2. The van der Waals surface area contributed by atoms with E-state index in [4.69, 9.17) is 0 Å². The van der Waals surface area contributed by atoms with Crippen LogP contribution in [0.1, 0.15) is 27.8 Å². The van der Waals surface area contributed by atoms with Gasteiger partial charge in [0.25, 0.3) is 0 Å². The van der Waals surface area contributed by atoms with Gasteiger partial charge in [-0.25, -0.2) is 9.37 Å². The molecule has 1 heterocycles. The second kappa shape index (κ2) is 6.14. The summed E-state index contributed by atoms with van der Waals surface area (Å²) in [5, 5.41) is 10.2. The second-order valence-corrected chi connectivity index (χ2v) is 5.19. The molecule has 1 unspecified atom stereocenters. The van der Waals surface area contributed by atoms with Gasteiger partial charge in [-0.3, -0.25) is 4.79 Å². The number of rotatable bonds is 4. The van der Waals surface area contributed by atoms with Gasteiger partial charge in [-0.1, -0.05) is 36.4 Å². The molecule has 1 N–H and O–H groups in total. The van der Waals surface area contributed by atoms with Crippen molar-refractivity contribution in [2.24, 2.45) is 0 Å². The molecule has 3 aromatic rings. The highest BCUT2D eigenvalue weighted by Crippen LogP contribution is 2.23. The topological polar surface area (TPSA) is 55.1 Å². The fraction of sp³-hybridized carbons (Fsp3) is 0.111. The highest BCUT2D eigenvalue weighted by Gasteiger charge is 2.20. The molecule has 0 aliphatic rings. The fourth-order valence-electron chi connectivity index (χ4n) is 2.43. The molecule has 0 saturated carbocycles. The van der Waals surface area contributed by atoms with E-state index in [1.165, 1.54) is 12.1 Å². The van der Waals surface area contributed by atoms with Gasteiger partial charge in [0.1, 0.15) is 17.7 Å². The maximum Gasteiger partial charge on any atom is 0.195 e. The summed E-state index contributed by atoms with van der Waals surface area (Å²) in [7, 11) is 0. The number of aliphatic hydroxyl groups excluding tert-OH is 1. The van der Waals surface area contributed by atoms with E-state index in [9.17, 15) is 14.3 Å². The van der Waals surface area contributed by atoms with Crippen molar-refractivity contribution in [1.82, 2.24) is 9.55 Å². The van der Waals surface area contributed by atoms with Crippen LogP contribution in [0.4, 0.5) is 4.39 Å². The Hall–Kier alpha value is -2.79. The number of imidazole rings is 1. The fourth-order valence-corrected chi connectivity index (χ4v) is 2.43. The van der Waals surface area contributed by atoms with Gasteiger partial charge in [-0.2, -0.15) is 0 Å². The monoisotopic (exact) mass is 310 g/mol. The molecule has 3 rings (SSSR count). The van der Waals surface area contributed by atoms with Crippen LogP contribution in [0.5, 0.6) is 0 Å². The number of carbonyl (C=O) groups is 1. The Morgan fingerprint density at radius 3 is 2.57 bits per heavy atom. The van der Waals surface area contributed by atoms with Gasteiger partial charge in [-0.05, 0) is 24.6 Å². The molecule has 116 valence electrons. The third-order valence-electron chi connectivity index (χ3n) is 3.68. The molecule has 0 spiro atoms. The molecule has 0 aliphatic heterocycles. The van der Waals surface area contributed by atoms with E-state index < -0.39 is 17.7 Å². The summed E-state index contributed by atoms with van der Waals surface area (Å²) in [5.41, 5.74) is 0.927. The van der Waals surface area contributed by atoms with Crippen LogP contribution in [0, 0.1) is 12.7 Å². The van der Waals surface area contributed by atoms with Gasteiger partial charge in [0.2, 0.25) is 0 Å². The quantitative estimate of drug-likeness (QED) is 0.753. The van der Waals surface area contributed by atoms with Crippen LogP contribution in [-0.4, -0.2) is 20.4 Å². The van der Waals surface area contributed by atoms with Crippen molar-refractivity contribution in [2.45, 2.75) is 13.0 Å². The van der Waals surface area contributed by atoms with Crippen molar-refractivity contribution in [3.8, 4) is 5.69 Å². The van der Waals surface area contributed by atoms with Crippen LogP contribution >= 0.6 is 0 Å². The molecule has 0 aliphatic carbocycles. The van der Waals surface area contributed by atoms with E-state index in [1.54, 1.807) is 60.3 Å². The van der Waals surface area contributed by atoms with E-state index in [1.807, 2.05) is 0 Å². The second-order valence-electron chi connectivity index (χ2n) is 5.19. The van der Waals surface area contributed by atoms with E-state index in [0.717, 1.165) is 0 Å². The zero-order chi connectivity index (χ0) is 16.4. The number of ketones is 1. The Balaban J connectivity index is 1.91. The van der Waals surface area contributed by atoms with Crippen molar-refractivity contribution in [1.29, 1.82) is 0 Å². The molecule has 0 radical (unpaired) electrons. The Labute approximate surface area is 132 Å². The van der Waals surface area contributed by atoms with Crippen LogP contribution in [-0.2, 0) is 0 Å². The molecule has 23 heavy (non-hydrogen) atoms. The minimum Gasteiger partial charge on any atom is -0.380 e. The largest absolute Gasteiger partial charge is 0.380 e. The average molecular weight is 310 g/mol. The SMILES string of the molecule is Cc1nccn1-c1ccc(C(O)C(=O)c2ccccc2)cc1F. The Morgan fingerprint density at radius 2 is 1.96 bits per heavy atom. The number of hydrogen-bond acceptors (Lipinski definition) is 3. The number of aromatic nitrogens is 2. The molecule has 1 atom stereocenters. The van der Waals surface area contributed by atoms with Crippen molar-refractivity contribution >= 4 is 5.78 Å². The van der Waals surface area contributed by atoms with Crippen molar-refractivity contribution in [3.63, 3.8) is 0 Å². The summed E-state index contributed by atoms with van der Waals surface area (Å²) in [4.78, 5) is 16.3. The number of Topliss-reactive ketones (excluding diaryl/α,β-unsaturated/α-hetero) is 1. The number of benzene rings is 2. The summed E-state index contributed by atoms with van der Waals surface area (Å²) < 4.78 is 16.0. The first-order valence-electron chi connectivity index (χ1n) is 7.15. The molecule has 5 heteroatoms. The lowest BCUT2D eigenvalue weighted by Crippen LogP contribution is -2.13. The minimum atomic E-state index is -1.40. The Morgan fingerprint density at radius 1 is 1.22 bits per heavy atom. The first-order valence-corrected chi connectivity index (χ1v) is 7.15. The zero-order valence-electron chi connectivity index (χ0n) is 12.5. The van der Waals surface area contributed by atoms with Crippen LogP contribution in [0.3, 0.4) is 0 Å². The van der Waals surface area contributed by atoms with E-state index >= 15 is 0 Å². The zero-order valence-corrected chi connectivity index (χ0v) is 12.5. The number of aliphatic hydroxyl groups is 1. The lowest BCUT2D eigenvalue weighted by Gasteiger charge is -2.13. The van der Waals surface area contributed by atoms with Gasteiger partial charge in [-0.15, -0.1) is 0 Å². The molecular formula is C18H15FN2O2. The number of hydrogen-bond donors (Lipinski definition) is 1. The predicted octanol–water partition coefficient (Wildman–Crippen LogP) is 3.24. The Kier molecular flexibility index (Phi) is 4.04. The molecule has 0 amide bonds. The molecule has 0 fully saturated rings. The summed E-state index contributed by atoms with van der Waals surface area (Å²) in [6, 6.07) is 12.7. The molecule has 0 saturated heterocycles. The highest BCUT2D eigenvalue weighted by molar-refractivity contribution is 5.99. The van der Waals surface area contributed by atoms with Gasteiger partial charge >= 0.3 is 0 Å². The van der Waals surface area contributed by atoms with Crippen LogP contribution in [0.2, 0.25) is 0 Å². The van der Waals surface area contributed by atoms with Crippen molar-refractivity contribution in [3.05, 3.63) is 83.7 Å². The molecule has 0 bridgehead atoms. The third-order valence-corrected chi connectivity index (χ3v) is 3.68. The first kappa shape index (κ1) is 15.1. The molecule has 1 aromatic heterocycles. The summed E-state index contributed by atoms with van der Waals surface area (Å²) in [6.07, 6.45) is 1.83. The van der Waals surface area contributed by atoms with E-state index in [-0.39, 0.29) is 5.56 Å². The number of halogens is 1. The lowest BCUT2D eigenvalue weighted by atomic mass is 9.99. The highest BCUT2D eigenvalue weighted by atomic mass is 19.1. The first-order chi connectivity index (χ1) is 11.1. The lowest BCUT2D eigenvalue weighted by molar-refractivity contribution is 0.0747. The number of aryl methyl sites for hydroxylation is 1. The predicted molar refractivity (Wildman–Crippen MR) is 84.0 cm³/mol. The van der Waals surface area contributed by atoms with E-state index in [0.29, 0.717) is 17.1 Å². The maximum absolute atomic E-state index is 14.3. The van der Waals surface area contributed by atoms with Crippen molar-refractivity contribution in [2.75, 3.05) is 0 Å². The summed E-state index contributed by atoms with van der Waals surface area (Å²) in [6.45, 7) is 1.77. The molecule has 4 nitrogen and oxygen atoms in total. The van der Waals surface area contributed by atoms with Gasteiger partial charge in [0, 0.05) is 18.0 Å². The van der Waals surface area contributed by atoms with Gasteiger partial charge in [0.05, 0.1) is 5.69 Å². The van der Waals surface area contributed by atoms with Crippen LogP contribution in [0.15, 0.2) is 60.9 Å². The van der Waals surface area contributed by atoms with Crippen molar-refractivity contribution < 1.29 is 14.3 Å². The van der Waals surface area contributed by atoms with Crippen LogP contribution in [0.25, 0.3) is 5.69 Å². The summed E-state index contributed by atoms with van der Waals surface area (Å²) >= 11 is 0. The third kappa shape index (κ3) is 2.91. The number of carbonyl (C=O) groups excluding carboxylic acids is 1. The van der Waals surface area contributed by atoms with Gasteiger partial charge < -0.3 is 9.67 Å². The Bertz CT molecular complexity index is 843.